The van der Waals surface area contributed by atoms with Crippen LogP contribution in [0.2, 0.25) is 0 Å². The van der Waals surface area contributed by atoms with Crippen LogP contribution in [0.15, 0.2) is 30.6 Å². The molecule has 2 fully saturated rings. The molecule has 0 saturated carbocycles. The van der Waals surface area contributed by atoms with Crippen molar-refractivity contribution in [1.29, 1.82) is 5.26 Å². The van der Waals surface area contributed by atoms with Crippen molar-refractivity contribution in [3.05, 3.63) is 53.1 Å². The number of hydrogen-bond donors (Lipinski definition) is 1. The van der Waals surface area contributed by atoms with Crippen molar-refractivity contribution in [2.45, 2.75) is 25.9 Å². The van der Waals surface area contributed by atoms with Gasteiger partial charge in [-0.1, -0.05) is 0 Å². The average molecular weight is 472 g/mol. The van der Waals surface area contributed by atoms with Gasteiger partial charge in [-0.15, -0.1) is 0 Å². The Hall–Kier alpha value is -3.68. The number of primary amides is 1. The fraction of sp³-hybridized carbons (Fsp3) is 0.435. The number of aryl methyl sites for hydroxylation is 1. The molecule has 0 bridgehead atoms. The van der Waals surface area contributed by atoms with Gasteiger partial charge < -0.3 is 15.5 Å². The van der Waals surface area contributed by atoms with Gasteiger partial charge in [-0.05, 0) is 38.0 Å². The van der Waals surface area contributed by atoms with E-state index in [9.17, 15) is 22.8 Å². The molecule has 1 atom stereocenters. The first kappa shape index (κ1) is 23.5. The van der Waals surface area contributed by atoms with Crippen molar-refractivity contribution in [3.8, 4) is 6.07 Å². The lowest BCUT2D eigenvalue weighted by Gasteiger charge is -2.42. The van der Waals surface area contributed by atoms with E-state index in [0.29, 0.717) is 43.9 Å². The summed E-state index contributed by atoms with van der Waals surface area (Å²) in [7, 11) is 0. The zero-order chi connectivity index (χ0) is 24.7. The predicted molar refractivity (Wildman–Crippen MR) is 115 cm³/mol. The highest BCUT2D eigenvalue weighted by Crippen LogP contribution is 2.46. The SMILES string of the molecule is Cc1cnc(C(=O)N2CC(C(N)=O)C3(CCN(c4ccc(C#N)c(C(F)(F)F)c4)CC3)C2)cn1. The van der Waals surface area contributed by atoms with E-state index in [-0.39, 0.29) is 18.1 Å². The molecule has 2 aromatic rings. The van der Waals surface area contributed by atoms with E-state index in [2.05, 4.69) is 9.97 Å². The number of alkyl halides is 3. The number of nitriles is 1. The van der Waals surface area contributed by atoms with E-state index in [1.807, 2.05) is 0 Å². The third kappa shape index (κ3) is 4.27. The van der Waals surface area contributed by atoms with Crippen LogP contribution < -0.4 is 10.6 Å². The van der Waals surface area contributed by atoms with Crippen LogP contribution in [0, 0.1) is 29.6 Å². The van der Waals surface area contributed by atoms with Crippen LogP contribution in [0.25, 0.3) is 0 Å². The molecular formula is C23H23F3N6O2. The normalized spacial score (nSPS) is 19.8. The molecule has 8 nitrogen and oxygen atoms in total. The number of carbonyl (C=O) groups is 2. The summed E-state index contributed by atoms with van der Waals surface area (Å²) in [6, 6.07) is 5.25. The highest BCUT2D eigenvalue weighted by Gasteiger charge is 2.52. The zero-order valence-electron chi connectivity index (χ0n) is 18.5. The van der Waals surface area contributed by atoms with Crippen molar-refractivity contribution in [2.24, 2.45) is 17.1 Å². The molecular weight excluding hydrogens is 449 g/mol. The third-order valence-electron chi connectivity index (χ3n) is 6.83. The summed E-state index contributed by atoms with van der Waals surface area (Å²) in [5.74, 6) is -1.40. The van der Waals surface area contributed by atoms with E-state index in [1.165, 1.54) is 24.5 Å². The Morgan fingerprint density at radius 3 is 2.47 bits per heavy atom. The largest absolute Gasteiger partial charge is 0.417 e. The predicted octanol–water partition coefficient (Wildman–Crippen LogP) is 2.52. The molecule has 178 valence electrons. The summed E-state index contributed by atoms with van der Waals surface area (Å²) in [6.45, 7) is 3.01. The second-order valence-electron chi connectivity index (χ2n) is 8.87. The van der Waals surface area contributed by atoms with Gasteiger partial charge in [0.05, 0.1) is 35.0 Å². The van der Waals surface area contributed by atoms with E-state index in [1.54, 1.807) is 22.8 Å². The molecule has 2 aliphatic rings. The molecule has 2 N–H and O–H groups in total. The smallest absolute Gasteiger partial charge is 0.371 e. The van der Waals surface area contributed by atoms with E-state index in [4.69, 9.17) is 11.0 Å². The van der Waals surface area contributed by atoms with Gasteiger partial charge in [0.1, 0.15) is 5.69 Å². The second kappa shape index (κ2) is 8.59. The van der Waals surface area contributed by atoms with E-state index < -0.39 is 34.5 Å². The summed E-state index contributed by atoms with van der Waals surface area (Å²) in [5.41, 5.74) is 4.95. The van der Waals surface area contributed by atoms with Crippen molar-refractivity contribution < 1.29 is 22.8 Å². The maximum atomic E-state index is 13.4. The Labute approximate surface area is 194 Å². The van der Waals surface area contributed by atoms with Crippen LogP contribution in [0.1, 0.15) is 40.2 Å². The number of piperidine rings is 1. The van der Waals surface area contributed by atoms with E-state index >= 15 is 0 Å². The first-order valence-corrected chi connectivity index (χ1v) is 10.8. The fourth-order valence-electron chi connectivity index (χ4n) is 4.96. The summed E-state index contributed by atoms with van der Waals surface area (Å²) in [4.78, 5) is 36.8. The number of nitrogens with two attached hydrogens (primary N) is 1. The Bertz CT molecular complexity index is 1150. The number of likely N-dealkylation sites (tertiary alicyclic amines) is 1. The molecule has 2 amide bonds. The monoisotopic (exact) mass is 472 g/mol. The molecule has 1 aromatic heterocycles. The number of aromatic nitrogens is 2. The van der Waals surface area contributed by atoms with Gasteiger partial charge in [0, 0.05) is 43.5 Å². The Morgan fingerprint density at radius 1 is 1.21 bits per heavy atom. The van der Waals surface area contributed by atoms with Crippen molar-refractivity contribution in [3.63, 3.8) is 0 Å². The number of rotatable bonds is 3. The lowest BCUT2D eigenvalue weighted by atomic mass is 9.70. The number of amides is 2. The quantitative estimate of drug-likeness (QED) is 0.734. The average Bonchev–Trinajstić information content (AvgIpc) is 3.18. The van der Waals surface area contributed by atoms with Gasteiger partial charge >= 0.3 is 6.18 Å². The molecule has 1 unspecified atom stereocenters. The maximum absolute atomic E-state index is 13.4. The van der Waals surface area contributed by atoms with Crippen LogP contribution >= 0.6 is 0 Å². The van der Waals surface area contributed by atoms with Gasteiger partial charge in [0.15, 0.2) is 0 Å². The highest BCUT2D eigenvalue weighted by atomic mass is 19.4. The summed E-state index contributed by atoms with van der Waals surface area (Å²) < 4.78 is 40.1. The second-order valence-corrected chi connectivity index (χ2v) is 8.87. The Morgan fingerprint density at radius 2 is 1.91 bits per heavy atom. The standard InChI is InChI=1S/C23H23F3N6O2/c1-14-10-30-19(11-29-14)21(34)32-12-18(20(28)33)22(13-32)4-6-31(7-5-22)16-3-2-15(9-27)17(8-16)23(24,25)26/h2-3,8,10-11,18H,4-7,12-13H2,1H3,(H2,28,33). The van der Waals surface area contributed by atoms with Gasteiger partial charge in [-0.2, -0.15) is 18.4 Å². The number of anilines is 1. The number of hydrogen-bond acceptors (Lipinski definition) is 6. The third-order valence-corrected chi connectivity index (χ3v) is 6.83. The van der Waals surface area contributed by atoms with Crippen molar-refractivity contribution in [1.82, 2.24) is 14.9 Å². The first-order valence-electron chi connectivity index (χ1n) is 10.8. The molecule has 4 rings (SSSR count). The zero-order valence-corrected chi connectivity index (χ0v) is 18.5. The van der Waals surface area contributed by atoms with Gasteiger partial charge in [-0.3, -0.25) is 14.6 Å². The molecule has 34 heavy (non-hydrogen) atoms. The van der Waals surface area contributed by atoms with Crippen LogP contribution in [-0.2, 0) is 11.0 Å². The molecule has 11 heteroatoms. The van der Waals surface area contributed by atoms with E-state index in [0.717, 1.165) is 6.07 Å². The lowest BCUT2D eigenvalue weighted by Crippen LogP contribution is -2.47. The molecule has 1 aromatic carbocycles. The summed E-state index contributed by atoms with van der Waals surface area (Å²) >= 11 is 0. The molecule has 0 aliphatic carbocycles. The van der Waals surface area contributed by atoms with Crippen molar-refractivity contribution in [2.75, 3.05) is 31.1 Å². The molecule has 2 saturated heterocycles. The Kier molecular flexibility index (Phi) is 5.93. The number of carbonyl (C=O) groups excluding carboxylic acids is 2. The molecule has 0 radical (unpaired) electrons. The van der Waals surface area contributed by atoms with Gasteiger partial charge in [0.2, 0.25) is 5.91 Å². The fourth-order valence-corrected chi connectivity index (χ4v) is 4.96. The minimum Gasteiger partial charge on any atom is -0.371 e. The molecule has 3 heterocycles. The number of halogens is 3. The summed E-state index contributed by atoms with van der Waals surface area (Å²) in [5, 5.41) is 9.02. The minimum atomic E-state index is -4.64. The lowest BCUT2D eigenvalue weighted by molar-refractivity contribution is -0.137. The molecule has 2 aliphatic heterocycles. The minimum absolute atomic E-state index is 0.165. The van der Waals surface area contributed by atoms with Crippen LogP contribution in [0.3, 0.4) is 0 Å². The van der Waals surface area contributed by atoms with Crippen LogP contribution in [0.4, 0.5) is 18.9 Å². The van der Waals surface area contributed by atoms with Crippen molar-refractivity contribution >= 4 is 17.5 Å². The number of nitrogens with zero attached hydrogens (tertiary/aromatic N) is 5. The highest BCUT2D eigenvalue weighted by molar-refractivity contribution is 5.93. The maximum Gasteiger partial charge on any atom is 0.417 e. The first-order chi connectivity index (χ1) is 16.0. The van der Waals surface area contributed by atoms with Crippen LogP contribution in [0.5, 0.6) is 0 Å². The van der Waals surface area contributed by atoms with Crippen LogP contribution in [-0.4, -0.2) is 52.9 Å². The van der Waals surface area contributed by atoms with Gasteiger partial charge in [0.25, 0.3) is 5.91 Å². The summed E-state index contributed by atoms with van der Waals surface area (Å²) in [6.07, 6.45) is -0.791. The number of benzene rings is 1. The van der Waals surface area contributed by atoms with Gasteiger partial charge in [-0.25, -0.2) is 4.98 Å². The molecule has 1 spiro atoms. The Balaban J connectivity index is 1.53. The topological polar surface area (TPSA) is 116 Å².